The van der Waals surface area contributed by atoms with Crippen LogP contribution in [0.2, 0.25) is 0 Å². The Bertz CT molecular complexity index is 1010. The van der Waals surface area contributed by atoms with Crippen LogP contribution in [0.5, 0.6) is 11.5 Å². The number of hydrogen-bond acceptors (Lipinski definition) is 6. The van der Waals surface area contributed by atoms with Gasteiger partial charge in [-0.3, -0.25) is 14.9 Å². The number of nitro benzene ring substituents is 1. The fourth-order valence-corrected chi connectivity index (χ4v) is 2.55. The summed E-state index contributed by atoms with van der Waals surface area (Å²) in [6.45, 7) is 1.84. The summed E-state index contributed by atoms with van der Waals surface area (Å²) in [6, 6.07) is 6.38. The zero-order chi connectivity index (χ0) is 16.7. The second-order valence-electron chi connectivity index (χ2n) is 5.02. The highest BCUT2D eigenvalue weighted by Crippen LogP contribution is 2.40. The number of fused-ring (bicyclic) bond motifs is 2. The molecule has 0 aliphatic heterocycles. The van der Waals surface area contributed by atoms with Gasteiger partial charge < -0.3 is 13.9 Å². The van der Waals surface area contributed by atoms with Gasteiger partial charge in [-0.25, -0.2) is 0 Å². The summed E-state index contributed by atoms with van der Waals surface area (Å²) in [5.41, 5.74) is 0.209. The second kappa shape index (κ2) is 5.28. The Morgan fingerprint density at radius 3 is 2.43 bits per heavy atom. The summed E-state index contributed by atoms with van der Waals surface area (Å²) < 4.78 is 15.9. The molecule has 0 aliphatic carbocycles. The molecule has 0 saturated heterocycles. The number of methoxy groups -OCH3 is 2. The highest BCUT2D eigenvalue weighted by atomic mass is 16.6. The molecule has 3 aromatic rings. The SMILES string of the molecule is COc1cc(OC)c2c(=O)c3ccc(C)cc3oc2c1[N+](=O)[O-]. The zero-order valence-corrected chi connectivity index (χ0v) is 12.7. The van der Waals surface area contributed by atoms with Crippen LogP contribution in [0.4, 0.5) is 5.69 Å². The fraction of sp³-hybridized carbons (Fsp3) is 0.188. The first-order valence-electron chi connectivity index (χ1n) is 6.74. The molecule has 0 atom stereocenters. The highest BCUT2D eigenvalue weighted by Gasteiger charge is 2.27. The van der Waals surface area contributed by atoms with E-state index in [0.717, 1.165) is 5.56 Å². The molecule has 0 amide bonds. The number of aryl methyl sites for hydroxylation is 1. The lowest BCUT2D eigenvalue weighted by Gasteiger charge is -2.10. The summed E-state index contributed by atoms with van der Waals surface area (Å²) >= 11 is 0. The molecule has 7 heteroatoms. The van der Waals surface area contributed by atoms with Gasteiger partial charge in [0.05, 0.1) is 24.5 Å². The van der Waals surface area contributed by atoms with Crippen molar-refractivity contribution >= 4 is 27.6 Å². The van der Waals surface area contributed by atoms with E-state index < -0.39 is 10.6 Å². The van der Waals surface area contributed by atoms with Crippen molar-refractivity contribution < 1.29 is 18.8 Å². The van der Waals surface area contributed by atoms with E-state index in [9.17, 15) is 14.9 Å². The molecule has 0 fully saturated rings. The maximum atomic E-state index is 12.8. The highest BCUT2D eigenvalue weighted by molar-refractivity contribution is 5.99. The lowest BCUT2D eigenvalue weighted by atomic mass is 10.1. The van der Waals surface area contributed by atoms with Crippen LogP contribution in [-0.2, 0) is 0 Å². The average molecular weight is 315 g/mol. The van der Waals surface area contributed by atoms with Crippen molar-refractivity contribution in [1.82, 2.24) is 0 Å². The Hall–Kier alpha value is -3.09. The molecule has 0 aliphatic rings. The molecule has 2 aromatic carbocycles. The molecule has 0 radical (unpaired) electrons. The van der Waals surface area contributed by atoms with E-state index in [1.54, 1.807) is 18.2 Å². The first-order chi connectivity index (χ1) is 11.0. The van der Waals surface area contributed by atoms with Crippen LogP contribution in [0.1, 0.15) is 5.56 Å². The van der Waals surface area contributed by atoms with Crippen molar-refractivity contribution in [2.24, 2.45) is 0 Å². The summed E-state index contributed by atoms with van der Waals surface area (Å²) in [7, 11) is 2.68. The minimum Gasteiger partial charge on any atom is -0.496 e. The predicted molar refractivity (Wildman–Crippen MR) is 84.5 cm³/mol. The molecule has 23 heavy (non-hydrogen) atoms. The number of ether oxygens (including phenoxy) is 2. The second-order valence-corrected chi connectivity index (χ2v) is 5.02. The number of hydrogen-bond donors (Lipinski definition) is 0. The minimum absolute atomic E-state index is 0.0244. The molecule has 3 rings (SSSR count). The van der Waals surface area contributed by atoms with Crippen molar-refractivity contribution in [2.75, 3.05) is 14.2 Å². The smallest absolute Gasteiger partial charge is 0.354 e. The number of nitro groups is 1. The van der Waals surface area contributed by atoms with E-state index in [1.807, 2.05) is 6.92 Å². The monoisotopic (exact) mass is 315 g/mol. The lowest BCUT2D eigenvalue weighted by molar-refractivity contribution is -0.384. The van der Waals surface area contributed by atoms with Crippen LogP contribution in [0.15, 0.2) is 33.5 Å². The van der Waals surface area contributed by atoms with Crippen LogP contribution in [-0.4, -0.2) is 19.1 Å². The van der Waals surface area contributed by atoms with Crippen molar-refractivity contribution in [3.63, 3.8) is 0 Å². The van der Waals surface area contributed by atoms with Crippen molar-refractivity contribution in [3.05, 3.63) is 50.2 Å². The first kappa shape index (κ1) is 14.8. The van der Waals surface area contributed by atoms with Gasteiger partial charge in [0.2, 0.25) is 16.8 Å². The normalized spacial score (nSPS) is 10.9. The Kier molecular flexibility index (Phi) is 3.40. The zero-order valence-electron chi connectivity index (χ0n) is 12.7. The minimum atomic E-state index is -0.634. The third-order valence-electron chi connectivity index (χ3n) is 3.63. The molecular formula is C16H13NO6. The largest absolute Gasteiger partial charge is 0.496 e. The third kappa shape index (κ3) is 2.17. The molecular weight excluding hydrogens is 302 g/mol. The Morgan fingerprint density at radius 2 is 1.83 bits per heavy atom. The maximum absolute atomic E-state index is 12.8. The van der Waals surface area contributed by atoms with E-state index in [0.29, 0.717) is 5.39 Å². The van der Waals surface area contributed by atoms with Gasteiger partial charge in [-0.1, -0.05) is 6.07 Å². The standard InChI is InChI=1S/C16H13NO6/c1-8-4-5-9-10(6-8)23-16-13(15(9)18)11(21-2)7-12(22-3)14(16)17(19)20/h4-7H,1-3H3. The summed E-state index contributed by atoms with van der Waals surface area (Å²) in [4.78, 5) is 23.5. The van der Waals surface area contributed by atoms with Gasteiger partial charge in [-0.2, -0.15) is 0 Å². The quantitative estimate of drug-likeness (QED) is 0.419. The number of nitrogens with zero attached hydrogens (tertiary/aromatic N) is 1. The van der Waals surface area contributed by atoms with E-state index in [4.69, 9.17) is 13.9 Å². The van der Waals surface area contributed by atoms with E-state index >= 15 is 0 Å². The first-order valence-corrected chi connectivity index (χ1v) is 6.74. The molecule has 0 bridgehead atoms. The van der Waals surface area contributed by atoms with Gasteiger partial charge in [0, 0.05) is 6.07 Å². The van der Waals surface area contributed by atoms with Crippen LogP contribution >= 0.6 is 0 Å². The van der Waals surface area contributed by atoms with Crippen LogP contribution in [0.3, 0.4) is 0 Å². The Morgan fingerprint density at radius 1 is 1.13 bits per heavy atom. The van der Waals surface area contributed by atoms with Gasteiger partial charge in [0.25, 0.3) is 0 Å². The van der Waals surface area contributed by atoms with Crippen LogP contribution in [0, 0.1) is 17.0 Å². The van der Waals surface area contributed by atoms with Crippen molar-refractivity contribution in [1.29, 1.82) is 0 Å². The summed E-state index contributed by atoms with van der Waals surface area (Å²) in [5.74, 6) is 0.133. The van der Waals surface area contributed by atoms with E-state index in [-0.39, 0.29) is 33.5 Å². The van der Waals surface area contributed by atoms with Gasteiger partial charge in [0.1, 0.15) is 16.7 Å². The van der Waals surface area contributed by atoms with Gasteiger partial charge >= 0.3 is 5.69 Å². The molecule has 0 spiro atoms. The van der Waals surface area contributed by atoms with Gasteiger partial charge in [0.15, 0.2) is 0 Å². The van der Waals surface area contributed by atoms with Crippen molar-refractivity contribution in [2.45, 2.75) is 6.92 Å². The topological polar surface area (TPSA) is 91.8 Å². The maximum Gasteiger partial charge on any atom is 0.354 e. The van der Waals surface area contributed by atoms with Crippen molar-refractivity contribution in [3.8, 4) is 11.5 Å². The Balaban J connectivity index is 2.63. The molecule has 0 N–H and O–H groups in total. The van der Waals surface area contributed by atoms with E-state index in [2.05, 4.69) is 0 Å². The summed E-state index contributed by atoms with van der Waals surface area (Å²) in [5, 5.41) is 11.8. The predicted octanol–water partition coefficient (Wildman–Crippen LogP) is 3.18. The summed E-state index contributed by atoms with van der Waals surface area (Å²) in [6.07, 6.45) is 0. The van der Waals surface area contributed by atoms with Crippen LogP contribution in [0.25, 0.3) is 21.9 Å². The molecule has 118 valence electrons. The average Bonchev–Trinajstić information content (AvgIpc) is 2.52. The molecule has 0 saturated carbocycles. The lowest BCUT2D eigenvalue weighted by Crippen LogP contribution is -2.07. The molecule has 0 unspecified atom stereocenters. The molecule has 7 nitrogen and oxygen atoms in total. The third-order valence-corrected chi connectivity index (χ3v) is 3.63. The molecule has 1 aromatic heterocycles. The number of benzene rings is 2. The molecule has 1 heterocycles. The Labute approximate surface area is 130 Å². The van der Waals surface area contributed by atoms with Gasteiger partial charge in [-0.05, 0) is 24.6 Å². The van der Waals surface area contributed by atoms with Gasteiger partial charge in [-0.15, -0.1) is 0 Å². The number of rotatable bonds is 3. The van der Waals surface area contributed by atoms with E-state index in [1.165, 1.54) is 20.3 Å². The van der Waals surface area contributed by atoms with Crippen LogP contribution < -0.4 is 14.9 Å². The fourth-order valence-electron chi connectivity index (χ4n) is 2.55.